The van der Waals surface area contributed by atoms with Crippen LogP contribution < -0.4 is 10.6 Å². The van der Waals surface area contributed by atoms with E-state index in [-0.39, 0.29) is 24.4 Å². The summed E-state index contributed by atoms with van der Waals surface area (Å²) >= 11 is 0. The van der Waals surface area contributed by atoms with Crippen LogP contribution in [0.3, 0.4) is 0 Å². The van der Waals surface area contributed by atoms with Crippen molar-refractivity contribution in [3.8, 4) is 0 Å². The molecule has 1 aromatic heterocycles. The number of nitrogens with zero attached hydrogens (tertiary/aromatic N) is 3. The Morgan fingerprint density at radius 2 is 2.08 bits per heavy atom. The van der Waals surface area contributed by atoms with E-state index < -0.39 is 0 Å². The van der Waals surface area contributed by atoms with Gasteiger partial charge in [-0.25, -0.2) is 0 Å². The van der Waals surface area contributed by atoms with Crippen molar-refractivity contribution in [2.45, 2.75) is 64.6 Å². The fourth-order valence-corrected chi connectivity index (χ4v) is 3.30. The van der Waals surface area contributed by atoms with Crippen molar-refractivity contribution in [1.82, 2.24) is 20.0 Å². The van der Waals surface area contributed by atoms with Crippen LogP contribution in [-0.2, 0) is 16.1 Å². The lowest BCUT2D eigenvalue weighted by atomic mass is 9.94. The highest BCUT2D eigenvalue weighted by Crippen LogP contribution is 2.23. The Balaban J connectivity index is 1.93. The third kappa shape index (κ3) is 4.72. The normalized spacial score (nSPS) is 16.5. The zero-order chi connectivity index (χ0) is 17.5. The monoisotopic (exact) mass is 335 g/mol. The van der Waals surface area contributed by atoms with Crippen molar-refractivity contribution in [3.05, 3.63) is 12.4 Å². The molecule has 0 bridgehead atoms. The van der Waals surface area contributed by atoms with Crippen LogP contribution in [0.4, 0.5) is 5.69 Å². The lowest BCUT2D eigenvalue weighted by Crippen LogP contribution is -2.47. The summed E-state index contributed by atoms with van der Waals surface area (Å²) in [6.45, 7) is 4.83. The second kappa shape index (κ2) is 8.70. The molecule has 1 heterocycles. The van der Waals surface area contributed by atoms with Gasteiger partial charge in [0.15, 0.2) is 0 Å². The molecule has 1 fully saturated rings. The van der Waals surface area contributed by atoms with Crippen LogP contribution in [0.2, 0.25) is 0 Å². The average molecular weight is 335 g/mol. The van der Waals surface area contributed by atoms with Crippen LogP contribution in [0.25, 0.3) is 0 Å². The maximum absolute atomic E-state index is 12.8. The maximum atomic E-state index is 12.8. The van der Waals surface area contributed by atoms with Crippen LogP contribution in [-0.4, -0.2) is 52.2 Å². The van der Waals surface area contributed by atoms with Gasteiger partial charge in [-0.15, -0.1) is 0 Å². The number of anilines is 1. The van der Waals surface area contributed by atoms with E-state index >= 15 is 0 Å². The molecule has 1 atom stereocenters. The highest BCUT2D eigenvalue weighted by molar-refractivity contribution is 5.84. The molecular weight excluding hydrogens is 306 g/mol. The minimum atomic E-state index is -0.315. The summed E-state index contributed by atoms with van der Waals surface area (Å²) in [4.78, 5) is 26.2. The van der Waals surface area contributed by atoms with Gasteiger partial charge in [0.25, 0.3) is 0 Å². The van der Waals surface area contributed by atoms with Gasteiger partial charge in [-0.2, -0.15) is 5.10 Å². The van der Waals surface area contributed by atoms with Gasteiger partial charge in [-0.05, 0) is 26.7 Å². The highest BCUT2D eigenvalue weighted by Gasteiger charge is 2.27. The zero-order valence-corrected chi connectivity index (χ0v) is 14.9. The van der Waals surface area contributed by atoms with Crippen LogP contribution >= 0.6 is 0 Å². The number of hydrogen-bond acceptors (Lipinski definition) is 4. The van der Waals surface area contributed by atoms with Crippen molar-refractivity contribution < 1.29 is 9.59 Å². The lowest BCUT2D eigenvalue weighted by Gasteiger charge is -2.35. The molecular formula is C17H29N5O2. The molecule has 0 radical (unpaired) electrons. The van der Waals surface area contributed by atoms with E-state index in [1.165, 1.54) is 19.3 Å². The van der Waals surface area contributed by atoms with E-state index in [1.807, 2.05) is 18.7 Å². The first-order valence-electron chi connectivity index (χ1n) is 8.85. The highest BCUT2D eigenvalue weighted by atomic mass is 16.2. The molecule has 1 aliphatic rings. The van der Waals surface area contributed by atoms with Gasteiger partial charge < -0.3 is 15.5 Å². The summed E-state index contributed by atoms with van der Waals surface area (Å²) in [6.07, 6.45) is 9.30. The Kier molecular flexibility index (Phi) is 6.63. The number of nitrogens with one attached hydrogen (secondary N) is 2. The molecule has 134 valence electrons. The molecule has 1 aromatic rings. The van der Waals surface area contributed by atoms with Gasteiger partial charge in [0.1, 0.15) is 12.6 Å². The van der Waals surface area contributed by atoms with Crippen molar-refractivity contribution in [2.24, 2.45) is 0 Å². The van der Waals surface area contributed by atoms with Crippen LogP contribution in [0, 0.1) is 0 Å². The Labute approximate surface area is 143 Å². The quantitative estimate of drug-likeness (QED) is 0.793. The summed E-state index contributed by atoms with van der Waals surface area (Å²) in [5.74, 6) is 0.0201. The molecule has 2 amide bonds. The van der Waals surface area contributed by atoms with E-state index in [0.717, 1.165) is 25.1 Å². The zero-order valence-electron chi connectivity index (χ0n) is 14.9. The number of rotatable bonds is 7. The van der Waals surface area contributed by atoms with Gasteiger partial charge in [0, 0.05) is 25.8 Å². The van der Waals surface area contributed by atoms with Crippen molar-refractivity contribution in [3.63, 3.8) is 0 Å². The Bertz CT molecular complexity index is 551. The van der Waals surface area contributed by atoms with Gasteiger partial charge >= 0.3 is 0 Å². The third-order valence-corrected chi connectivity index (χ3v) is 4.61. The van der Waals surface area contributed by atoms with Gasteiger partial charge in [-0.1, -0.05) is 19.3 Å². The largest absolute Gasteiger partial charge is 0.371 e. The predicted molar refractivity (Wildman–Crippen MR) is 93.6 cm³/mol. The first kappa shape index (κ1) is 18.3. The number of amides is 2. The average Bonchev–Trinajstić information content (AvgIpc) is 3.03. The van der Waals surface area contributed by atoms with Crippen molar-refractivity contribution >= 4 is 17.5 Å². The summed E-state index contributed by atoms with van der Waals surface area (Å²) in [5.41, 5.74) is 0.749. The van der Waals surface area contributed by atoms with Crippen molar-refractivity contribution in [2.75, 3.05) is 18.9 Å². The number of carbonyl (C=O) groups excluding carboxylic acids is 2. The van der Waals surface area contributed by atoms with Crippen molar-refractivity contribution in [1.29, 1.82) is 0 Å². The topological polar surface area (TPSA) is 79.3 Å². The molecule has 0 spiro atoms. The van der Waals surface area contributed by atoms with E-state index in [0.29, 0.717) is 6.04 Å². The minimum absolute atomic E-state index is 0.108. The number of hydrogen-bond donors (Lipinski definition) is 2. The molecule has 7 heteroatoms. The number of likely N-dealkylation sites (N-methyl/N-ethyl adjacent to an activating group) is 2. The SMILES string of the molecule is CCN(C(=O)C(C)Nc1cnn(CC(=O)NC)c1)C1CCCCC1. The standard InChI is InChI=1S/C17H29N5O2/c1-4-22(15-8-6-5-7-9-15)17(24)13(2)20-14-10-19-21(11-14)12-16(23)18-3/h10-11,13,15,20H,4-9,12H2,1-3H3,(H,18,23). The van der Waals surface area contributed by atoms with Crippen LogP contribution in [0.1, 0.15) is 46.0 Å². The first-order valence-corrected chi connectivity index (χ1v) is 8.85. The summed E-state index contributed by atoms with van der Waals surface area (Å²) < 4.78 is 1.55. The fraction of sp³-hybridized carbons (Fsp3) is 0.706. The van der Waals surface area contributed by atoms with E-state index in [4.69, 9.17) is 0 Å². The molecule has 2 rings (SSSR count). The molecule has 0 aromatic carbocycles. The Hall–Kier alpha value is -2.05. The molecule has 1 unspecified atom stereocenters. The number of carbonyl (C=O) groups is 2. The number of aromatic nitrogens is 2. The smallest absolute Gasteiger partial charge is 0.245 e. The van der Waals surface area contributed by atoms with Gasteiger partial charge in [-0.3, -0.25) is 14.3 Å². The van der Waals surface area contributed by atoms with Gasteiger partial charge in [0.2, 0.25) is 11.8 Å². The second-order valence-electron chi connectivity index (χ2n) is 6.38. The van der Waals surface area contributed by atoms with Gasteiger partial charge in [0.05, 0.1) is 11.9 Å². The summed E-state index contributed by atoms with van der Waals surface area (Å²) in [6, 6.07) is 0.0565. The van der Waals surface area contributed by atoms with E-state index in [9.17, 15) is 9.59 Å². The first-order chi connectivity index (χ1) is 11.5. The predicted octanol–water partition coefficient (Wildman–Crippen LogP) is 1.61. The molecule has 24 heavy (non-hydrogen) atoms. The maximum Gasteiger partial charge on any atom is 0.245 e. The molecule has 0 aliphatic heterocycles. The molecule has 2 N–H and O–H groups in total. The Morgan fingerprint density at radius 3 is 2.71 bits per heavy atom. The van der Waals surface area contributed by atoms with E-state index in [2.05, 4.69) is 15.7 Å². The molecule has 0 saturated heterocycles. The molecule has 1 aliphatic carbocycles. The second-order valence-corrected chi connectivity index (χ2v) is 6.38. The lowest BCUT2D eigenvalue weighted by molar-refractivity contribution is -0.134. The molecule has 7 nitrogen and oxygen atoms in total. The van der Waals surface area contributed by atoms with Crippen LogP contribution in [0.5, 0.6) is 0 Å². The van der Waals surface area contributed by atoms with E-state index in [1.54, 1.807) is 24.1 Å². The third-order valence-electron chi connectivity index (χ3n) is 4.61. The molecule has 1 saturated carbocycles. The minimum Gasteiger partial charge on any atom is -0.371 e. The summed E-state index contributed by atoms with van der Waals surface area (Å²) in [7, 11) is 1.59. The van der Waals surface area contributed by atoms with Crippen LogP contribution in [0.15, 0.2) is 12.4 Å². The summed E-state index contributed by atoms with van der Waals surface area (Å²) in [5, 5.41) is 9.90. The fourth-order valence-electron chi connectivity index (χ4n) is 3.30. The Morgan fingerprint density at radius 1 is 1.38 bits per heavy atom.